The first-order valence-electron chi connectivity index (χ1n) is 4.61. The number of hydrogen-bond acceptors (Lipinski definition) is 0. The lowest BCUT2D eigenvalue weighted by atomic mass is 9.71. The van der Waals surface area contributed by atoms with Crippen LogP contribution in [0.15, 0.2) is 0 Å². The number of rotatable bonds is 0. The van der Waals surface area contributed by atoms with E-state index in [-0.39, 0.29) is 5.48 Å². The zero-order valence-corrected chi connectivity index (χ0v) is 8.22. The molecule has 0 saturated heterocycles. The minimum atomic E-state index is 0. The van der Waals surface area contributed by atoms with Gasteiger partial charge in [-0.15, -0.1) is 0 Å². The van der Waals surface area contributed by atoms with Crippen molar-refractivity contribution in [2.75, 3.05) is 0 Å². The molecule has 1 aliphatic carbocycles. The van der Waals surface area contributed by atoms with Crippen molar-refractivity contribution in [3.8, 4) is 0 Å². The number of hydrogen-bond donors (Lipinski definition) is 0. The quantitative estimate of drug-likeness (QED) is 0.519. The van der Waals surface area contributed by atoms with Crippen molar-refractivity contribution in [2.45, 2.75) is 40.5 Å². The fourth-order valence-corrected chi connectivity index (χ4v) is 2.10. The molecule has 0 aromatic carbocycles. The van der Waals surface area contributed by atoms with Crippen LogP contribution in [0.2, 0.25) is 0 Å². The fraction of sp³-hybridized carbons (Fsp3) is 1.00. The van der Waals surface area contributed by atoms with Crippen LogP contribution in [-0.4, -0.2) is 5.48 Å². The highest BCUT2D eigenvalue weighted by Gasteiger charge is 2.26. The maximum Gasteiger partial charge on any atom is -0.0414 e. The van der Waals surface area contributed by atoms with Crippen molar-refractivity contribution in [1.82, 2.24) is 0 Å². The maximum atomic E-state index is 2.40. The first kappa shape index (κ1) is 11.0. The predicted octanol–water partition coefficient (Wildman–Crippen LogP) is 2.50. The summed E-state index contributed by atoms with van der Waals surface area (Å²) in [6.07, 6.45) is 2.89. The SMILES string of the molecule is CC1CC(C)C(C)CC1C.O. The van der Waals surface area contributed by atoms with E-state index in [4.69, 9.17) is 0 Å². The van der Waals surface area contributed by atoms with Crippen LogP contribution >= 0.6 is 0 Å². The van der Waals surface area contributed by atoms with Gasteiger partial charge in [-0.05, 0) is 36.5 Å². The van der Waals surface area contributed by atoms with Gasteiger partial charge in [0.15, 0.2) is 0 Å². The summed E-state index contributed by atoms with van der Waals surface area (Å²) < 4.78 is 0. The molecule has 0 aliphatic heterocycles. The van der Waals surface area contributed by atoms with Crippen LogP contribution in [-0.2, 0) is 0 Å². The summed E-state index contributed by atoms with van der Waals surface area (Å²) in [6, 6.07) is 0. The Balaban J connectivity index is 0.000001000. The lowest BCUT2D eigenvalue weighted by molar-refractivity contribution is 0.157. The molecule has 1 nitrogen and oxygen atoms in total. The van der Waals surface area contributed by atoms with E-state index in [1.54, 1.807) is 0 Å². The van der Waals surface area contributed by atoms with Crippen molar-refractivity contribution in [3.05, 3.63) is 0 Å². The van der Waals surface area contributed by atoms with E-state index in [1.165, 1.54) is 12.8 Å². The standard InChI is InChI=1S/C10H20.H2O/c1-7-5-9(3)10(4)6-8(7)2;/h7-10H,5-6H2,1-4H3;1H2. The van der Waals surface area contributed by atoms with Crippen molar-refractivity contribution < 1.29 is 5.48 Å². The molecular formula is C10H22O. The topological polar surface area (TPSA) is 31.5 Å². The van der Waals surface area contributed by atoms with Crippen LogP contribution in [0.1, 0.15) is 40.5 Å². The van der Waals surface area contributed by atoms with Crippen LogP contribution < -0.4 is 0 Å². The van der Waals surface area contributed by atoms with Gasteiger partial charge in [-0.25, -0.2) is 0 Å². The predicted molar refractivity (Wildman–Crippen MR) is 49.5 cm³/mol. The third-order valence-corrected chi connectivity index (χ3v) is 3.43. The van der Waals surface area contributed by atoms with Gasteiger partial charge in [0.2, 0.25) is 0 Å². The molecule has 2 N–H and O–H groups in total. The molecule has 0 spiro atoms. The summed E-state index contributed by atoms with van der Waals surface area (Å²) in [5.74, 6) is 3.86. The van der Waals surface area contributed by atoms with Crippen LogP contribution in [0.4, 0.5) is 0 Å². The van der Waals surface area contributed by atoms with Crippen molar-refractivity contribution in [2.24, 2.45) is 23.7 Å². The molecule has 4 atom stereocenters. The van der Waals surface area contributed by atoms with Gasteiger partial charge in [0, 0.05) is 0 Å². The zero-order valence-electron chi connectivity index (χ0n) is 8.22. The highest BCUT2D eigenvalue weighted by atomic mass is 16.0. The molecule has 0 bridgehead atoms. The Kier molecular flexibility index (Phi) is 4.09. The van der Waals surface area contributed by atoms with E-state index in [0.29, 0.717) is 0 Å². The Morgan fingerprint density at radius 3 is 1.00 bits per heavy atom. The average molecular weight is 158 g/mol. The first-order chi connectivity index (χ1) is 4.61. The Bertz CT molecular complexity index is 85.4. The lowest BCUT2D eigenvalue weighted by Crippen LogP contribution is -2.25. The molecule has 4 unspecified atom stereocenters. The Labute approximate surface area is 70.5 Å². The van der Waals surface area contributed by atoms with Crippen molar-refractivity contribution >= 4 is 0 Å². The van der Waals surface area contributed by atoms with Gasteiger partial charge < -0.3 is 5.48 Å². The van der Waals surface area contributed by atoms with E-state index in [2.05, 4.69) is 27.7 Å². The summed E-state index contributed by atoms with van der Waals surface area (Å²) in [7, 11) is 0. The molecule has 0 amide bonds. The highest BCUT2D eigenvalue weighted by Crippen LogP contribution is 2.36. The Morgan fingerprint density at radius 2 is 0.818 bits per heavy atom. The lowest BCUT2D eigenvalue weighted by Gasteiger charge is -2.35. The molecule has 1 heteroatoms. The zero-order chi connectivity index (χ0) is 7.72. The second-order valence-electron chi connectivity index (χ2n) is 4.38. The highest BCUT2D eigenvalue weighted by molar-refractivity contribution is 4.77. The normalized spacial score (nSPS) is 44.7. The monoisotopic (exact) mass is 158 g/mol. The second-order valence-corrected chi connectivity index (χ2v) is 4.38. The maximum absolute atomic E-state index is 2.40. The molecule has 1 saturated carbocycles. The summed E-state index contributed by atoms with van der Waals surface area (Å²) in [5, 5.41) is 0. The second kappa shape index (κ2) is 4.10. The molecule has 0 radical (unpaired) electrons. The molecule has 0 heterocycles. The van der Waals surface area contributed by atoms with Gasteiger partial charge >= 0.3 is 0 Å². The van der Waals surface area contributed by atoms with E-state index in [9.17, 15) is 0 Å². The minimum absolute atomic E-state index is 0. The molecule has 68 valence electrons. The van der Waals surface area contributed by atoms with Crippen LogP contribution in [0.5, 0.6) is 0 Å². The third-order valence-electron chi connectivity index (χ3n) is 3.43. The van der Waals surface area contributed by atoms with Gasteiger partial charge in [0.05, 0.1) is 0 Å². The molecular weight excluding hydrogens is 136 g/mol. The Morgan fingerprint density at radius 1 is 0.636 bits per heavy atom. The largest absolute Gasteiger partial charge is 0.412 e. The summed E-state index contributed by atoms with van der Waals surface area (Å²) in [5.41, 5.74) is 0. The van der Waals surface area contributed by atoms with Crippen molar-refractivity contribution in [3.63, 3.8) is 0 Å². The van der Waals surface area contributed by atoms with Crippen LogP contribution in [0.3, 0.4) is 0 Å². The van der Waals surface area contributed by atoms with E-state index in [0.717, 1.165) is 23.7 Å². The van der Waals surface area contributed by atoms with E-state index in [1.807, 2.05) is 0 Å². The third kappa shape index (κ3) is 2.48. The molecule has 1 fully saturated rings. The summed E-state index contributed by atoms with van der Waals surface area (Å²) >= 11 is 0. The molecule has 11 heavy (non-hydrogen) atoms. The van der Waals surface area contributed by atoms with Crippen LogP contribution in [0.25, 0.3) is 0 Å². The van der Waals surface area contributed by atoms with Gasteiger partial charge in [0.25, 0.3) is 0 Å². The Hall–Kier alpha value is -0.0400. The van der Waals surface area contributed by atoms with E-state index >= 15 is 0 Å². The van der Waals surface area contributed by atoms with Gasteiger partial charge in [0.1, 0.15) is 0 Å². The fourth-order valence-electron chi connectivity index (χ4n) is 2.10. The summed E-state index contributed by atoms with van der Waals surface area (Å²) in [4.78, 5) is 0. The van der Waals surface area contributed by atoms with Gasteiger partial charge in [-0.2, -0.15) is 0 Å². The summed E-state index contributed by atoms with van der Waals surface area (Å²) in [6.45, 7) is 9.58. The molecule has 0 aromatic rings. The van der Waals surface area contributed by atoms with Gasteiger partial charge in [-0.1, -0.05) is 27.7 Å². The minimum Gasteiger partial charge on any atom is -0.412 e. The van der Waals surface area contributed by atoms with Gasteiger partial charge in [-0.3, -0.25) is 0 Å². The first-order valence-corrected chi connectivity index (χ1v) is 4.61. The van der Waals surface area contributed by atoms with Crippen molar-refractivity contribution in [1.29, 1.82) is 0 Å². The molecule has 0 aromatic heterocycles. The van der Waals surface area contributed by atoms with E-state index < -0.39 is 0 Å². The molecule has 1 rings (SSSR count). The van der Waals surface area contributed by atoms with Crippen LogP contribution in [0, 0.1) is 23.7 Å². The smallest absolute Gasteiger partial charge is 0.0414 e. The molecule has 1 aliphatic rings. The average Bonchev–Trinajstić information content (AvgIpc) is 1.84.